The van der Waals surface area contributed by atoms with Gasteiger partial charge >= 0.3 is 0 Å². The van der Waals surface area contributed by atoms with Gasteiger partial charge in [-0.25, -0.2) is 4.98 Å². The number of hydrogen-bond acceptors (Lipinski definition) is 5. The Morgan fingerprint density at radius 2 is 2.24 bits per heavy atom. The number of anilines is 1. The van der Waals surface area contributed by atoms with Crippen molar-refractivity contribution in [3.63, 3.8) is 0 Å². The lowest BCUT2D eigenvalue weighted by molar-refractivity contribution is 0.0948. The predicted molar refractivity (Wildman–Crippen MR) is 81.2 cm³/mol. The van der Waals surface area contributed by atoms with Gasteiger partial charge in [-0.15, -0.1) is 0 Å². The predicted octanol–water partition coefficient (Wildman–Crippen LogP) is 1.58. The summed E-state index contributed by atoms with van der Waals surface area (Å²) in [5.41, 5.74) is 0.573. The lowest BCUT2D eigenvalue weighted by atomic mass is 10.2. The third-order valence-corrected chi connectivity index (χ3v) is 2.89. The summed E-state index contributed by atoms with van der Waals surface area (Å²) >= 11 is 0. The third kappa shape index (κ3) is 4.92. The van der Waals surface area contributed by atoms with Crippen molar-refractivity contribution in [1.82, 2.24) is 15.2 Å². The molecule has 0 atom stereocenters. The van der Waals surface area contributed by atoms with Gasteiger partial charge in [-0.1, -0.05) is 0 Å². The highest BCUT2D eigenvalue weighted by Crippen LogP contribution is 2.07. The van der Waals surface area contributed by atoms with E-state index in [0.717, 1.165) is 18.8 Å². The zero-order valence-corrected chi connectivity index (χ0v) is 12.3. The van der Waals surface area contributed by atoms with E-state index in [1.807, 2.05) is 20.2 Å². The van der Waals surface area contributed by atoms with Crippen LogP contribution >= 0.6 is 0 Å². The molecule has 6 nitrogen and oxygen atoms in total. The van der Waals surface area contributed by atoms with Crippen LogP contribution in [0.3, 0.4) is 0 Å². The summed E-state index contributed by atoms with van der Waals surface area (Å²) in [6, 6.07) is 7.05. The van der Waals surface area contributed by atoms with Gasteiger partial charge in [-0.3, -0.25) is 4.79 Å². The maximum Gasteiger partial charge on any atom is 0.251 e. The molecule has 2 heterocycles. The fraction of sp³-hybridized carbons (Fsp3) is 0.333. The second kappa shape index (κ2) is 7.44. The van der Waals surface area contributed by atoms with Crippen LogP contribution < -0.4 is 10.6 Å². The molecule has 0 aliphatic carbocycles. The van der Waals surface area contributed by atoms with E-state index in [0.29, 0.717) is 17.9 Å². The largest absolute Gasteiger partial charge is 0.467 e. The topological polar surface area (TPSA) is 70.4 Å². The number of carbonyl (C=O) groups is 1. The first-order valence-corrected chi connectivity index (χ1v) is 6.80. The highest BCUT2D eigenvalue weighted by atomic mass is 16.3. The average Bonchev–Trinajstić information content (AvgIpc) is 2.98. The number of pyridine rings is 1. The SMILES string of the molecule is CN(C)CCNc1cc(C(=O)NCc2ccco2)ccn1. The van der Waals surface area contributed by atoms with Crippen molar-refractivity contribution < 1.29 is 9.21 Å². The molecule has 1 amide bonds. The minimum Gasteiger partial charge on any atom is -0.467 e. The fourth-order valence-corrected chi connectivity index (χ4v) is 1.76. The molecule has 0 aromatic carbocycles. The first-order chi connectivity index (χ1) is 10.1. The van der Waals surface area contributed by atoms with Gasteiger partial charge in [0.2, 0.25) is 0 Å². The minimum absolute atomic E-state index is 0.149. The summed E-state index contributed by atoms with van der Waals surface area (Å²) in [5.74, 6) is 1.27. The van der Waals surface area contributed by atoms with E-state index in [1.54, 1.807) is 30.7 Å². The number of likely N-dealkylation sites (N-methyl/N-ethyl adjacent to an activating group) is 1. The lowest BCUT2D eigenvalue weighted by Gasteiger charge is -2.11. The smallest absolute Gasteiger partial charge is 0.251 e. The second-order valence-corrected chi connectivity index (χ2v) is 4.92. The van der Waals surface area contributed by atoms with Gasteiger partial charge in [-0.05, 0) is 38.4 Å². The summed E-state index contributed by atoms with van der Waals surface area (Å²) < 4.78 is 5.17. The Balaban J connectivity index is 1.88. The number of nitrogens with zero attached hydrogens (tertiary/aromatic N) is 2. The Labute approximate surface area is 124 Å². The van der Waals surface area contributed by atoms with E-state index in [4.69, 9.17) is 4.42 Å². The second-order valence-electron chi connectivity index (χ2n) is 4.92. The Hall–Kier alpha value is -2.34. The van der Waals surface area contributed by atoms with Crippen LogP contribution in [-0.2, 0) is 6.54 Å². The monoisotopic (exact) mass is 288 g/mol. The van der Waals surface area contributed by atoms with Crippen LogP contribution in [0.1, 0.15) is 16.1 Å². The van der Waals surface area contributed by atoms with Crippen molar-refractivity contribution in [2.75, 3.05) is 32.5 Å². The van der Waals surface area contributed by atoms with Gasteiger partial charge in [0.15, 0.2) is 0 Å². The van der Waals surface area contributed by atoms with E-state index in [2.05, 4.69) is 20.5 Å². The number of furan rings is 1. The molecular formula is C15H20N4O2. The maximum absolute atomic E-state index is 12.1. The fourth-order valence-electron chi connectivity index (χ4n) is 1.76. The highest BCUT2D eigenvalue weighted by Gasteiger charge is 2.07. The number of aromatic nitrogens is 1. The van der Waals surface area contributed by atoms with E-state index < -0.39 is 0 Å². The van der Waals surface area contributed by atoms with Crippen molar-refractivity contribution in [3.05, 3.63) is 48.0 Å². The molecule has 0 unspecified atom stereocenters. The van der Waals surface area contributed by atoms with Gasteiger partial charge in [0, 0.05) is 24.8 Å². The molecule has 0 saturated heterocycles. The summed E-state index contributed by atoms with van der Waals surface area (Å²) in [5, 5.41) is 6.00. The number of amides is 1. The van der Waals surface area contributed by atoms with E-state index in [9.17, 15) is 4.79 Å². The van der Waals surface area contributed by atoms with Crippen molar-refractivity contribution in [2.45, 2.75) is 6.54 Å². The molecule has 0 saturated carbocycles. The van der Waals surface area contributed by atoms with Gasteiger partial charge in [0.1, 0.15) is 11.6 Å². The van der Waals surface area contributed by atoms with Crippen molar-refractivity contribution in [1.29, 1.82) is 0 Å². The van der Waals surface area contributed by atoms with Gasteiger partial charge in [0.25, 0.3) is 5.91 Å². The lowest BCUT2D eigenvalue weighted by Crippen LogP contribution is -2.23. The highest BCUT2D eigenvalue weighted by molar-refractivity contribution is 5.94. The average molecular weight is 288 g/mol. The molecular weight excluding hydrogens is 268 g/mol. The molecule has 2 aromatic rings. The zero-order chi connectivity index (χ0) is 15.1. The molecule has 2 N–H and O–H groups in total. The van der Waals surface area contributed by atoms with Crippen LogP contribution in [-0.4, -0.2) is 43.0 Å². The Morgan fingerprint density at radius 1 is 1.38 bits per heavy atom. The Bertz CT molecular complexity index is 567. The van der Waals surface area contributed by atoms with Crippen LogP contribution in [0.25, 0.3) is 0 Å². The standard InChI is InChI=1S/C15H20N4O2/c1-19(2)8-7-17-14-10-12(5-6-16-14)15(20)18-11-13-4-3-9-21-13/h3-6,9-10H,7-8,11H2,1-2H3,(H,16,17)(H,18,20). The molecule has 21 heavy (non-hydrogen) atoms. The molecule has 6 heteroatoms. The minimum atomic E-state index is -0.149. The zero-order valence-electron chi connectivity index (χ0n) is 12.3. The number of nitrogens with one attached hydrogen (secondary N) is 2. The first kappa shape index (κ1) is 15.1. The Morgan fingerprint density at radius 3 is 2.95 bits per heavy atom. The van der Waals surface area contributed by atoms with Gasteiger partial charge < -0.3 is 20.0 Å². The first-order valence-electron chi connectivity index (χ1n) is 6.80. The van der Waals surface area contributed by atoms with Gasteiger partial charge in [0.05, 0.1) is 12.8 Å². The molecule has 0 aliphatic rings. The number of rotatable bonds is 7. The van der Waals surface area contributed by atoms with E-state index in [-0.39, 0.29) is 5.91 Å². The third-order valence-electron chi connectivity index (χ3n) is 2.89. The summed E-state index contributed by atoms with van der Waals surface area (Å²) in [6.45, 7) is 2.05. The van der Waals surface area contributed by atoms with E-state index in [1.165, 1.54) is 0 Å². The van der Waals surface area contributed by atoms with Crippen LogP contribution in [0, 0.1) is 0 Å². The molecule has 0 bridgehead atoms. The molecule has 0 aliphatic heterocycles. The molecule has 0 fully saturated rings. The molecule has 112 valence electrons. The maximum atomic E-state index is 12.1. The van der Waals surface area contributed by atoms with Crippen LogP contribution in [0.15, 0.2) is 41.1 Å². The van der Waals surface area contributed by atoms with Crippen molar-refractivity contribution in [3.8, 4) is 0 Å². The normalized spacial score (nSPS) is 10.6. The Kier molecular flexibility index (Phi) is 5.34. The van der Waals surface area contributed by atoms with Crippen LogP contribution in [0.4, 0.5) is 5.82 Å². The van der Waals surface area contributed by atoms with E-state index >= 15 is 0 Å². The summed E-state index contributed by atoms with van der Waals surface area (Å²) in [7, 11) is 4.02. The number of hydrogen-bond donors (Lipinski definition) is 2. The van der Waals surface area contributed by atoms with Crippen LogP contribution in [0.5, 0.6) is 0 Å². The quantitative estimate of drug-likeness (QED) is 0.809. The van der Waals surface area contributed by atoms with Crippen molar-refractivity contribution >= 4 is 11.7 Å². The molecule has 2 rings (SSSR count). The number of carbonyl (C=O) groups excluding carboxylic acids is 1. The van der Waals surface area contributed by atoms with Gasteiger partial charge in [-0.2, -0.15) is 0 Å². The molecule has 0 radical (unpaired) electrons. The van der Waals surface area contributed by atoms with Crippen molar-refractivity contribution in [2.24, 2.45) is 0 Å². The summed E-state index contributed by atoms with van der Waals surface area (Å²) in [4.78, 5) is 18.3. The summed E-state index contributed by atoms with van der Waals surface area (Å²) in [6.07, 6.45) is 3.21. The van der Waals surface area contributed by atoms with Crippen LogP contribution in [0.2, 0.25) is 0 Å². The molecule has 2 aromatic heterocycles. The molecule has 0 spiro atoms.